The van der Waals surface area contributed by atoms with Crippen LogP contribution in [0.5, 0.6) is 0 Å². The second-order valence-corrected chi connectivity index (χ2v) is 4.42. The number of aliphatic carboxylic acids is 1. The van der Waals surface area contributed by atoms with E-state index in [1.54, 1.807) is 0 Å². The summed E-state index contributed by atoms with van der Waals surface area (Å²) in [5.74, 6) is -2.64. The Balaban J connectivity index is 2.48. The fraction of sp³-hybridized carbons (Fsp3) is 0.300. The predicted octanol–water partition coefficient (Wildman–Crippen LogP) is -1.38. The minimum absolute atomic E-state index is 0.104. The topological polar surface area (TPSA) is 141 Å². The van der Waals surface area contributed by atoms with Crippen LogP contribution in [0.3, 0.4) is 0 Å². The standard InChI is InChI=1S/C10H8N6O5/c1-14-5-3(6(17)15(2)10(14)21)11-9-13-12-4(8(19)20)7(18)16(5)9/h4H,1-2H3,(H,19,20). The number of carbonyl (C=O) groups excluding carboxylic acids is 1. The van der Waals surface area contributed by atoms with E-state index in [9.17, 15) is 19.2 Å². The molecule has 1 aliphatic rings. The quantitative estimate of drug-likeness (QED) is 0.642. The average Bonchev–Trinajstić information content (AvgIpc) is 2.83. The van der Waals surface area contributed by atoms with Crippen molar-refractivity contribution in [2.45, 2.75) is 6.04 Å². The van der Waals surface area contributed by atoms with Crippen LogP contribution >= 0.6 is 0 Å². The van der Waals surface area contributed by atoms with Crippen molar-refractivity contribution in [2.75, 3.05) is 0 Å². The van der Waals surface area contributed by atoms with Crippen molar-refractivity contribution < 1.29 is 14.7 Å². The lowest BCUT2D eigenvalue weighted by Crippen LogP contribution is -2.39. The van der Waals surface area contributed by atoms with Gasteiger partial charge in [0.15, 0.2) is 11.2 Å². The molecule has 11 nitrogen and oxygen atoms in total. The highest BCUT2D eigenvalue weighted by Crippen LogP contribution is 2.24. The summed E-state index contributed by atoms with van der Waals surface area (Å²) in [5, 5.41) is 15.8. The van der Waals surface area contributed by atoms with Crippen LogP contribution in [0.25, 0.3) is 11.2 Å². The molecule has 0 aliphatic carbocycles. The summed E-state index contributed by atoms with van der Waals surface area (Å²) in [5.41, 5.74) is -1.64. The minimum atomic E-state index is -1.73. The number of hydrogen-bond donors (Lipinski definition) is 1. The first-order chi connectivity index (χ1) is 9.84. The van der Waals surface area contributed by atoms with E-state index in [0.29, 0.717) is 0 Å². The van der Waals surface area contributed by atoms with E-state index in [2.05, 4.69) is 15.2 Å². The van der Waals surface area contributed by atoms with Crippen LogP contribution in [-0.4, -0.2) is 41.7 Å². The van der Waals surface area contributed by atoms with Gasteiger partial charge < -0.3 is 5.11 Å². The Morgan fingerprint density at radius 1 is 1.19 bits per heavy atom. The van der Waals surface area contributed by atoms with Gasteiger partial charge in [0.2, 0.25) is 6.04 Å². The molecule has 1 unspecified atom stereocenters. The number of aromatic nitrogens is 4. The van der Waals surface area contributed by atoms with Gasteiger partial charge in [-0.15, -0.1) is 5.11 Å². The van der Waals surface area contributed by atoms with Crippen LogP contribution in [-0.2, 0) is 18.9 Å². The van der Waals surface area contributed by atoms with Crippen molar-refractivity contribution in [1.82, 2.24) is 18.7 Å². The SMILES string of the molecule is Cn1c(=O)c2nc3n(c2n(C)c1=O)C(=O)C(C(=O)O)N=N3. The van der Waals surface area contributed by atoms with Crippen molar-refractivity contribution >= 4 is 29.0 Å². The molecular formula is C10H8N6O5. The summed E-state index contributed by atoms with van der Waals surface area (Å²) < 4.78 is 2.69. The van der Waals surface area contributed by atoms with Crippen LogP contribution < -0.4 is 11.2 Å². The Kier molecular flexibility index (Phi) is 2.42. The molecule has 1 atom stereocenters. The molecule has 0 spiro atoms. The maximum absolute atomic E-state index is 12.2. The number of hydrogen-bond acceptors (Lipinski definition) is 7. The fourth-order valence-electron chi connectivity index (χ4n) is 2.12. The van der Waals surface area contributed by atoms with Crippen LogP contribution in [0, 0.1) is 0 Å². The van der Waals surface area contributed by atoms with E-state index < -0.39 is 29.2 Å². The number of carboxylic acid groups (broad SMARTS) is 1. The molecule has 108 valence electrons. The molecule has 0 amide bonds. The molecule has 0 bridgehead atoms. The smallest absolute Gasteiger partial charge is 0.340 e. The largest absolute Gasteiger partial charge is 0.479 e. The molecule has 1 aliphatic heterocycles. The van der Waals surface area contributed by atoms with E-state index in [4.69, 9.17) is 5.11 Å². The minimum Gasteiger partial charge on any atom is -0.479 e. The zero-order valence-corrected chi connectivity index (χ0v) is 10.8. The third-order valence-electron chi connectivity index (χ3n) is 3.19. The van der Waals surface area contributed by atoms with Gasteiger partial charge in [-0.25, -0.2) is 19.1 Å². The van der Waals surface area contributed by atoms with Gasteiger partial charge in [-0.2, -0.15) is 5.11 Å². The third-order valence-corrected chi connectivity index (χ3v) is 3.19. The van der Waals surface area contributed by atoms with Gasteiger partial charge in [0.05, 0.1) is 0 Å². The van der Waals surface area contributed by atoms with Gasteiger partial charge in [0.1, 0.15) is 0 Å². The Morgan fingerprint density at radius 3 is 2.48 bits per heavy atom. The molecule has 0 radical (unpaired) electrons. The van der Waals surface area contributed by atoms with E-state index in [1.807, 2.05) is 0 Å². The number of nitrogens with zero attached hydrogens (tertiary/aromatic N) is 6. The van der Waals surface area contributed by atoms with Crippen LogP contribution in [0.4, 0.5) is 5.95 Å². The number of aryl methyl sites for hydroxylation is 1. The second kappa shape index (κ2) is 3.94. The summed E-state index contributed by atoms with van der Waals surface area (Å²) in [4.78, 5) is 50.9. The van der Waals surface area contributed by atoms with Gasteiger partial charge in [-0.3, -0.25) is 18.7 Å². The van der Waals surface area contributed by atoms with Crippen LogP contribution in [0.1, 0.15) is 4.79 Å². The number of imidazole rings is 1. The van der Waals surface area contributed by atoms with Crippen LogP contribution in [0.2, 0.25) is 0 Å². The van der Waals surface area contributed by atoms with Crippen molar-refractivity contribution in [1.29, 1.82) is 0 Å². The average molecular weight is 292 g/mol. The Hall–Kier alpha value is -3.11. The van der Waals surface area contributed by atoms with Gasteiger partial charge in [-0.05, 0) is 0 Å². The molecule has 1 N–H and O–H groups in total. The Labute approximate surface area is 114 Å². The monoisotopic (exact) mass is 292 g/mol. The summed E-state index contributed by atoms with van der Waals surface area (Å²) in [7, 11) is 2.61. The highest BCUT2D eigenvalue weighted by molar-refractivity contribution is 6.06. The molecular weight excluding hydrogens is 284 g/mol. The predicted molar refractivity (Wildman–Crippen MR) is 66.8 cm³/mol. The number of fused-ring (bicyclic) bond motifs is 3. The lowest BCUT2D eigenvalue weighted by molar-refractivity contribution is -0.137. The zero-order chi connectivity index (χ0) is 15.5. The van der Waals surface area contributed by atoms with Crippen molar-refractivity contribution in [3.63, 3.8) is 0 Å². The van der Waals surface area contributed by atoms with E-state index in [0.717, 1.165) is 13.7 Å². The summed E-state index contributed by atoms with van der Waals surface area (Å²) in [6, 6.07) is -1.73. The Bertz CT molecular complexity index is 961. The molecule has 11 heteroatoms. The first-order valence-corrected chi connectivity index (χ1v) is 5.71. The second-order valence-electron chi connectivity index (χ2n) is 4.42. The van der Waals surface area contributed by atoms with Crippen molar-refractivity contribution in [2.24, 2.45) is 24.3 Å². The molecule has 0 saturated carbocycles. The number of carbonyl (C=O) groups is 2. The highest BCUT2D eigenvalue weighted by Gasteiger charge is 2.35. The number of carboxylic acids is 1. The van der Waals surface area contributed by atoms with E-state index in [-0.39, 0.29) is 17.1 Å². The maximum atomic E-state index is 12.2. The number of azo groups is 1. The van der Waals surface area contributed by atoms with E-state index in [1.165, 1.54) is 14.1 Å². The molecule has 0 saturated heterocycles. The molecule has 2 aromatic heterocycles. The molecule has 3 heterocycles. The lowest BCUT2D eigenvalue weighted by atomic mass is 10.3. The summed E-state index contributed by atoms with van der Waals surface area (Å²) in [6.07, 6.45) is 0. The Morgan fingerprint density at radius 2 is 1.86 bits per heavy atom. The molecule has 2 aromatic rings. The molecule has 0 fully saturated rings. The lowest BCUT2D eigenvalue weighted by Gasteiger charge is -2.13. The van der Waals surface area contributed by atoms with Crippen molar-refractivity contribution in [3.8, 4) is 0 Å². The van der Waals surface area contributed by atoms with Gasteiger partial charge >= 0.3 is 11.7 Å². The maximum Gasteiger partial charge on any atom is 0.340 e. The molecule has 3 rings (SSSR count). The first-order valence-electron chi connectivity index (χ1n) is 5.71. The summed E-state index contributed by atoms with van der Waals surface area (Å²) in [6.45, 7) is 0. The normalized spacial score (nSPS) is 17.2. The molecule has 21 heavy (non-hydrogen) atoms. The van der Waals surface area contributed by atoms with Gasteiger partial charge in [0.25, 0.3) is 17.4 Å². The third kappa shape index (κ3) is 1.50. The van der Waals surface area contributed by atoms with Gasteiger partial charge in [-0.1, -0.05) is 0 Å². The van der Waals surface area contributed by atoms with Crippen molar-refractivity contribution in [3.05, 3.63) is 20.8 Å². The highest BCUT2D eigenvalue weighted by atomic mass is 16.4. The summed E-state index contributed by atoms with van der Waals surface area (Å²) >= 11 is 0. The fourth-order valence-corrected chi connectivity index (χ4v) is 2.12. The first kappa shape index (κ1) is 12.9. The molecule has 0 aromatic carbocycles. The number of rotatable bonds is 1. The van der Waals surface area contributed by atoms with Crippen LogP contribution in [0.15, 0.2) is 19.8 Å². The zero-order valence-electron chi connectivity index (χ0n) is 10.8. The van der Waals surface area contributed by atoms with Gasteiger partial charge in [0, 0.05) is 14.1 Å². The van der Waals surface area contributed by atoms with E-state index >= 15 is 0 Å².